The first kappa shape index (κ1) is 15.2. The normalized spacial score (nSPS) is 11.0. The van der Waals surface area contributed by atoms with Crippen LogP contribution in [0.4, 0.5) is 0 Å². The number of hydrogen-bond donors (Lipinski definition) is 1. The lowest BCUT2D eigenvalue weighted by Gasteiger charge is -2.10. The number of carbonyl (C=O) groups is 1. The largest absolute Gasteiger partial charge is 0.350 e. The summed E-state index contributed by atoms with van der Waals surface area (Å²) in [5, 5.41) is 7.35. The zero-order valence-corrected chi connectivity index (χ0v) is 12.6. The van der Waals surface area contributed by atoms with Crippen molar-refractivity contribution in [2.24, 2.45) is 7.05 Å². The van der Waals surface area contributed by atoms with Gasteiger partial charge in [0.2, 0.25) is 5.43 Å². The van der Waals surface area contributed by atoms with E-state index in [0.717, 1.165) is 13.0 Å². The highest BCUT2D eigenvalue weighted by molar-refractivity contribution is 5.95. The van der Waals surface area contributed by atoms with Crippen LogP contribution in [0.2, 0.25) is 0 Å². The van der Waals surface area contributed by atoms with Gasteiger partial charge in [-0.05, 0) is 39.2 Å². The molecule has 2 rings (SSSR count). The molecule has 0 saturated heterocycles. The van der Waals surface area contributed by atoms with Crippen molar-refractivity contribution in [3.63, 3.8) is 0 Å². The van der Waals surface area contributed by atoms with Crippen molar-refractivity contribution in [3.8, 4) is 0 Å². The van der Waals surface area contributed by atoms with Crippen LogP contribution in [0.5, 0.6) is 0 Å². The molecule has 112 valence electrons. The number of aryl methyl sites for hydroxylation is 1. The lowest BCUT2D eigenvalue weighted by molar-refractivity contribution is 0.0944. The van der Waals surface area contributed by atoms with E-state index in [1.807, 2.05) is 31.1 Å². The molecule has 0 spiro atoms. The van der Waals surface area contributed by atoms with Crippen LogP contribution in [-0.2, 0) is 7.05 Å². The number of fused-ring (bicyclic) bond motifs is 1. The van der Waals surface area contributed by atoms with Gasteiger partial charge in [-0.2, -0.15) is 5.10 Å². The third-order valence-corrected chi connectivity index (χ3v) is 3.25. The van der Waals surface area contributed by atoms with Gasteiger partial charge in [0.15, 0.2) is 5.69 Å². The van der Waals surface area contributed by atoms with Gasteiger partial charge in [0.1, 0.15) is 0 Å². The number of hydrogen-bond acceptors (Lipinski definition) is 4. The molecule has 21 heavy (non-hydrogen) atoms. The van der Waals surface area contributed by atoms with Crippen molar-refractivity contribution in [3.05, 3.63) is 40.2 Å². The molecule has 0 aliphatic rings. The van der Waals surface area contributed by atoms with Crippen LogP contribution in [0, 0.1) is 0 Å². The van der Waals surface area contributed by atoms with Crippen LogP contribution in [0.15, 0.2) is 29.1 Å². The predicted octanol–water partition coefficient (Wildman–Crippen LogP) is 0.615. The predicted molar refractivity (Wildman–Crippen MR) is 82.5 cm³/mol. The Kier molecular flexibility index (Phi) is 4.70. The van der Waals surface area contributed by atoms with E-state index < -0.39 is 5.91 Å². The Labute approximate surface area is 123 Å². The molecule has 6 heteroatoms. The van der Waals surface area contributed by atoms with Gasteiger partial charge in [-0.15, -0.1) is 0 Å². The monoisotopic (exact) mass is 288 g/mol. The van der Waals surface area contributed by atoms with Gasteiger partial charge in [-0.25, -0.2) is 0 Å². The molecular weight excluding hydrogens is 268 g/mol. The molecule has 1 aromatic carbocycles. The van der Waals surface area contributed by atoms with Crippen LogP contribution in [-0.4, -0.2) is 47.8 Å². The van der Waals surface area contributed by atoms with Crippen molar-refractivity contribution >= 4 is 16.8 Å². The van der Waals surface area contributed by atoms with Crippen molar-refractivity contribution in [2.45, 2.75) is 6.42 Å². The maximum atomic E-state index is 12.3. The average Bonchev–Trinajstić information content (AvgIpc) is 2.47. The van der Waals surface area contributed by atoms with Crippen LogP contribution >= 0.6 is 0 Å². The second kappa shape index (κ2) is 6.49. The smallest absolute Gasteiger partial charge is 0.275 e. The van der Waals surface area contributed by atoms with Crippen LogP contribution < -0.4 is 10.7 Å². The number of nitrogens with one attached hydrogen (secondary N) is 1. The van der Waals surface area contributed by atoms with Gasteiger partial charge in [-0.1, -0.05) is 12.1 Å². The minimum absolute atomic E-state index is 0.0546. The summed E-state index contributed by atoms with van der Waals surface area (Å²) in [7, 11) is 5.68. The van der Waals surface area contributed by atoms with E-state index in [2.05, 4.69) is 10.4 Å². The summed E-state index contributed by atoms with van der Waals surface area (Å²) in [6, 6.07) is 7.14. The van der Waals surface area contributed by atoms with Crippen molar-refractivity contribution in [2.75, 3.05) is 27.2 Å². The van der Waals surface area contributed by atoms with Crippen molar-refractivity contribution in [1.29, 1.82) is 0 Å². The van der Waals surface area contributed by atoms with Crippen LogP contribution in [0.3, 0.4) is 0 Å². The maximum Gasteiger partial charge on any atom is 0.275 e. The highest BCUT2D eigenvalue weighted by atomic mass is 16.2. The molecule has 0 saturated carbocycles. The molecule has 0 bridgehead atoms. The second-order valence-corrected chi connectivity index (χ2v) is 5.23. The third-order valence-electron chi connectivity index (χ3n) is 3.25. The molecule has 1 heterocycles. The molecular formula is C15H20N4O2. The fraction of sp³-hybridized carbons (Fsp3) is 0.400. The fourth-order valence-corrected chi connectivity index (χ4v) is 2.15. The Morgan fingerprint density at radius 1 is 1.33 bits per heavy atom. The Balaban J connectivity index is 2.20. The Morgan fingerprint density at radius 2 is 2.05 bits per heavy atom. The molecule has 0 fully saturated rings. The highest BCUT2D eigenvalue weighted by Crippen LogP contribution is 2.07. The van der Waals surface area contributed by atoms with Gasteiger partial charge in [0, 0.05) is 19.0 Å². The van der Waals surface area contributed by atoms with E-state index in [-0.39, 0.29) is 11.1 Å². The Hall–Kier alpha value is -2.21. The first-order chi connectivity index (χ1) is 10.0. The van der Waals surface area contributed by atoms with Gasteiger partial charge in [0.25, 0.3) is 5.91 Å². The van der Waals surface area contributed by atoms with E-state index in [4.69, 9.17) is 0 Å². The van der Waals surface area contributed by atoms with E-state index in [0.29, 0.717) is 17.4 Å². The number of rotatable bonds is 5. The quantitative estimate of drug-likeness (QED) is 0.819. The van der Waals surface area contributed by atoms with Crippen molar-refractivity contribution in [1.82, 2.24) is 20.0 Å². The second-order valence-electron chi connectivity index (χ2n) is 5.23. The summed E-state index contributed by atoms with van der Waals surface area (Å²) in [4.78, 5) is 26.5. The summed E-state index contributed by atoms with van der Waals surface area (Å²) in [5.41, 5.74) is 0.335. The SMILES string of the molecule is CN(C)CCCNC(=O)c1nn(C)c2ccccc2c1=O. The minimum Gasteiger partial charge on any atom is -0.350 e. The van der Waals surface area contributed by atoms with Gasteiger partial charge in [0.05, 0.1) is 5.52 Å². The first-order valence-corrected chi connectivity index (χ1v) is 6.89. The number of carbonyl (C=O) groups excluding carboxylic acids is 1. The summed E-state index contributed by atoms with van der Waals surface area (Å²) < 4.78 is 1.56. The molecule has 6 nitrogen and oxygen atoms in total. The maximum absolute atomic E-state index is 12.3. The molecule has 0 radical (unpaired) electrons. The van der Waals surface area contributed by atoms with Gasteiger partial charge in [-0.3, -0.25) is 14.3 Å². The van der Waals surface area contributed by atoms with Gasteiger partial charge >= 0.3 is 0 Å². The summed E-state index contributed by atoms with van der Waals surface area (Å²) in [5.74, 6) is -0.417. The minimum atomic E-state index is -0.417. The number of aromatic nitrogens is 2. The van der Waals surface area contributed by atoms with E-state index in [9.17, 15) is 9.59 Å². The summed E-state index contributed by atoms with van der Waals surface area (Å²) in [6.45, 7) is 1.40. The molecule has 1 aromatic heterocycles. The van der Waals surface area contributed by atoms with Crippen molar-refractivity contribution < 1.29 is 4.79 Å². The third kappa shape index (κ3) is 3.46. The number of amides is 1. The molecule has 2 aromatic rings. The Morgan fingerprint density at radius 3 is 2.76 bits per heavy atom. The number of benzene rings is 1. The number of para-hydroxylation sites is 1. The van der Waals surface area contributed by atoms with E-state index in [1.165, 1.54) is 0 Å². The standard InChI is InChI=1S/C15H20N4O2/c1-18(2)10-6-9-16-15(21)13-14(20)11-7-4-5-8-12(11)19(3)17-13/h4-5,7-8H,6,9-10H2,1-3H3,(H,16,21). The lowest BCUT2D eigenvalue weighted by atomic mass is 10.2. The summed E-state index contributed by atoms with van der Waals surface area (Å²) >= 11 is 0. The lowest BCUT2D eigenvalue weighted by Crippen LogP contribution is -2.33. The van der Waals surface area contributed by atoms with Crippen LogP contribution in [0.1, 0.15) is 16.9 Å². The molecule has 0 aliphatic carbocycles. The zero-order valence-electron chi connectivity index (χ0n) is 12.6. The van der Waals surface area contributed by atoms with Crippen LogP contribution in [0.25, 0.3) is 10.9 Å². The molecule has 0 unspecified atom stereocenters. The highest BCUT2D eigenvalue weighted by Gasteiger charge is 2.15. The average molecular weight is 288 g/mol. The molecule has 1 amide bonds. The van der Waals surface area contributed by atoms with E-state index >= 15 is 0 Å². The first-order valence-electron chi connectivity index (χ1n) is 6.89. The molecule has 0 aliphatic heterocycles. The number of nitrogens with zero attached hydrogens (tertiary/aromatic N) is 3. The Bertz CT molecular complexity index is 706. The summed E-state index contributed by atoms with van der Waals surface area (Å²) in [6.07, 6.45) is 0.826. The van der Waals surface area contributed by atoms with E-state index in [1.54, 1.807) is 23.9 Å². The zero-order chi connectivity index (χ0) is 15.4. The fourth-order valence-electron chi connectivity index (χ4n) is 2.15. The molecule has 0 atom stereocenters. The molecule has 1 N–H and O–H groups in total. The topological polar surface area (TPSA) is 67.2 Å². The van der Waals surface area contributed by atoms with Gasteiger partial charge < -0.3 is 10.2 Å².